The first-order valence-corrected chi connectivity index (χ1v) is 16.1. The van der Waals surface area contributed by atoms with Gasteiger partial charge in [-0.3, -0.25) is 4.79 Å². The van der Waals surface area contributed by atoms with Gasteiger partial charge in [0.2, 0.25) is 10.0 Å². The minimum atomic E-state index is -3.95. The number of carbonyl (C=O) groups is 2. The molecule has 220 valence electrons. The minimum absolute atomic E-state index is 0.161. The Morgan fingerprint density at radius 1 is 0.952 bits per heavy atom. The van der Waals surface area contributed by atoms with Crippen LogP contribution in [0.2, 0.25) is 0 Å². The molecule has 9 heteroatoms. The Hall–Kier alpha value is -4.11. The highest BCUT2D eigenvalue weighted by Crippen LogP contribution is 2.24. The molecule has 1 fully saturated rings. The van der Waals surface area contributed by atoms with Crippen molar-refractivity contribution in [1.29, 1.82) is 0 Å². The molecular weight excluding hydrogens is 550 g/mol. The summed E-state index contributed by atoms with van der Waals surface area (Å²) in [6, 6.07) is 27.3. The van der Waals surface area contributed by atoms with Crippen molar-refractivity contribution in [2.45, 2.75) is 45.8 Å². The number of aromatic nitrogens is 1. The third-order valence-corrected chi connectivity index (χ3v) is 9.07. The summed E-state index contributed by atoms with van der Waals surface area (Å²) < 4.78 is 36.0. The van der Waals surface area contributed by atoms with Crippen molar-refractivity contribution in [1.82, 2.24) is 14.2 Å². The molecule has 0 radical (unpaired) electrons. The van der Waals surface area contributed by atoms with E-state index >= 15 is 0 Å². The normalized spacial score (nSPS) is 15.5. The van der Waals surface area contributed by atoms with Gasteiger partial charge in [-0.2, -0.15) is 0 Å². The van der Waals surface area contributed by atoms with Gasteiger partial charge in [0.25, 0.3) is 5.91 Å². The lowest BCUT2D eigenvalue weighted by atomic mass is 10.0. The fourth-order valence-corrected chi connectivity index (χ4v) is 6.97. The molecule has 1 aliphatic heterocycles. The number of sulfonamides is 1. The van der Waals surface area contributed by atoms with Crippen LogP contribution in [0.5, 0.6) is 0 Å². The van der Waals surface area contributed by atoms with Crippen molar-refractivity contribution >= 4 is 32.9 Å². The molecule has 8 nitrogen and oxygen atoms in total. The first-order chi connectivity index (χ1) is 20.3. The van der Waals surface area contributed by atoms with Crippen LogP contribution in [0.25, 0.3) is 10.9 Å². The molecule has 0 aliphatic carbocycles. The van der Waals surface area contributed by atoms with Gasteiger partial charge in [-0.15, -0.1) is 0 Å². The van der Waals surface area contributed by atoms with E-state index in [1.54, 1.807) is 11.0 Å². The van der Waals surface area contributed by atoms with Gasteiger partial charge in [-0.1, -0.05) is 72.8 Å². The number of likely N-dealkylation sites (tertiary alicyclic amines) is 1. The smallest absolute Gasteiger partial charge is 0.410 e. The van der Waals surface area contributed by atoms with E-state index in [4.69, 9.17) is 4.74 Å². The van der Waals surface area contributed by atoms with Crippen molar-refractivity contribution in [3.05, 3.63) is 107 Å². The number of ether oxygens (including phenoxy) is 1. The highest BCUT2D eigenvalue weighted by Gasteiger charge is 2.30. The highest BCUT2D eigenvalue weighted by molar-refractivity contribution is 7.90. The molecule has 2 heterocycles. The monoisotopic (exact) mass is 587 g/mol. The second-order valence-corrected chi connectivity index (χ2v) is 12.8. The van der Waals surface area contributed by atoms with E-state index in [-0.39, 0.29) is 24.8 Å². The van der Waals surface area contributed by atoms with Crippen LogP contribution >= 0.6 is 0 Å². The van der Waals surface area contributed by atoms with E-state index in [9.17, 15) is 18.0 Å². The lowest BCUT2D eigenvalue weighted by Crippen LogP contribution is -2.44. The Morgan fingerprint density at radius 3 is 2.40 bits per heavy atom. The van der Waals surface area contributed by atoms with Crippen LogP contribution in [0.4, 0.5) is 4.79 Å². The fraction of sp³-hybridized carbons (Fsp3) is 0.333. The maximum Gasteiger partial charge on any atom is 0.410 e. The number of nitrogens with one attached hydrogen (secondary N) is 1. The number of rotatable bonds is 10. The first-order valence-electron chi connectivity index (χ1n) is 14.4. The molecule has 0 spiro atoms. The third-order valence-electron chi connectivity index (χ3n) is 7.67. The molecule has 1 atom stereocenters. The van der Waals surface area contributed by atoms with Crippen molar-refractivity contribution in [2.24, 2.45) is 5.92 Å². The third kappa shape index (κ3) is 7.59. The molecule has 0 unspecified atom stereocenters. The summed E-state index contributed by atoms with van der Waals surface area (Å²) in [4.78, 5) is 27.6. The summed E-state index contributed by atoms with van der Waals surface area (Å²) in [5.74, 6) is -1.18. The second kappa shape index (κ2) is 13.2. The molecule has 1 saturated heterocycles. The van der Waals surface area contributed by atoms with Gasteiger partial charge in [-0.05, 0) is 67.3 Å². The summed E-state index contributed by atoms with van der Waals surface area (Å²) >= 11 is 0. The zero-order valence-corrected chi connectivity index (χ0v) is 24.7. The predicted molar refractivity (Wildman–Crippen MR) is 164 cm³/mol. The van der Waals surface area contributed by atoms with Crippen molar-refractivity contribution in [3.8, 4) is 0 Å². The Morgan fingerprint density at radius 2 is 1.67 bits per heavy atom. The molecule has 1 aliphatic rings. The number of carbonyl (C=O) groups excluding carboxylic acids is 2. The van der Waals surface area contributed by atoms with Gasteiger partial charge in [0.05, 0.1) is 5.75 Å². The van der Waals surface area contributed by atoms with Gasteiger partial charge >= 0.3 is 6.09 Å². The van der Waals surface area contributed by atoms with Crippen molar-refractivity contribution in [3.63, 3.8) is 0 Å². The number of piperidine rings is 1. The van der Waals surface area contributed by atoms with E-state index in [0.29, 0.717) is 31.6 Å². The van der Waals surface area contributed by atoms with Crippen molar-refractivity contribution < 1.29 is 22.7 Å². The molecule has 3 aromatic carbocycles. The molecule has 4 aromatic rings. The van der Waals surface area contributed by atoms with Crippen LogP contribution in [0.3, 0.4) is 0 Å². The van der Waals surface area contributed by atoms with E-state index < -0.39 is 22.0 Å². The number of nitrogens with zero attached hydrogens (tertiary/aromatic N) is 2. The maximum atomic E-state index is 13.4. The number of aryl methyl sites for hydroxylation is 3. The quantitative estimate of drug-likeness (QED) is 0.257. The standard InChI is InChI=1S/C33H37N3O5S/c1-25-16-17-29-21-31(36(30(29)20-25)19-9-14-26-10-4-2-5-11-26)32(37)34-42(39,40)24-28-15-8-18-35(22-28)33(38)41-23-27-12-6-3-7-13-27/h2-7,10-13,16-17,20-21,28H,8-9,14-15,18-19,22-24H2,1H3,(H,34,37)/t28-/m1/s1. The Balaban J connectivity index is 1.23. The molecule has 0 saturated carbocycles. The summed E-state index contributed by atoms with van der Waals surface area (Å²) in [6.07, 6.45) is 2.51. The Labute approximate surface area is 247 Å². The average Bonchev–Trinajstić information content (AvgIpc) is 3.34. The van der Waals surface area contributed by atoms with Gasteiger partial charge in [-0.25, -0.2) is 17.9 Å². The summed E-state index contributed by atoms with van der Waals surface area (Å²) in [7, 11) is -3.95. The van der Waals surface area contributed by atoms with Crippen LogP contribution in [-0.4, -0.2) is 48.7 Å². The summed E-state index contributed by atoms with van der Waals surface area (Å²) in [6.45, 7) is 3.51. The molecule has 5 rings (SSSR count). The maximum absolute atomic E-state index is 13.4. The molecular formula is C33H37N3O5S. The van der Waals surface area contributed by atoms with E-state index in [0.717, 1.165) is 34.9 Å². The zero-order valence-electron chi connectivity index (χ0n) is 23.9. The first kappa shape index (κ1) is 29.4. The average molecular weight is 588 g/mol. The van der Waals surface area contributed by atoms with Crippen LogP contribution in [0.15, 0.2) is 84.9 Å². The van der Waals surface area contributed by atoms with E-state index in [1.807, 2.05) is 78.2 Å². The van der Waals surface area contributed by atoms with Crippen LogP contribution < -0.4 is 4.72 Å². The highest BCUT2D eigenvalue weighted by atomic mass is 32.2. The Bertz CT molecular complexity index is 1630. The van der Waals surface area contributed by atoms with Gasteiger partial charge < -0.3 is 14.2 Å². The minimum Gasteiger partial charge on any atom is -0.445 e. The van der Waals surface area contributed by atoms with Crippen LogP contribution in [0.1, 0.15) is 46.4 Å². The van der Waals surface area contributed by atoms with Crippen LogP contribution in [0, 0.1) is 12.8 Å². The number of benzene rings is 3. The van der Waals surface area contributed by atoms with E-state index in [2.05, 4.69) is 16.9 Å². The lowest BCUT2D eigenvalue weighted by Gasteiger charge is -2.31. The van der Waals surface area contributed by atoms with Gasteiger partial charge in [0.1, 0.15) is 12.3 Å². The number of fused-ring (bicyclic) bond motifs is 1. The number of amides is 2. The summed E-state index contributed by atoms with van der Waals surface area (Å²) in [5, 5.41) is 0.889. The number of hydrogen-bond acceptors (Lipinski definition) is 5. The van der Waals surface area contributed by atoms with Crippen LogP contribution in [-0.2, 0) is 34.3 Å². The fourth-order valence-electron chi connectivity index (χ4n) is 5.60. The topological polar surface area (TPSA) is 97.7 Å². The van der Waals surface area contributed by atoms with Crippen molar-refractivity contribution in [2.75, 3.05) is 18.8 Å². The second-order valence-electron chi connectivity index (χ2n) is 11.0. The zero-order chi connectivity index (χ0) is 29.5. The molecule has 1 aromatic heterocycles. The molecule has 1 N–H and O–H groups in total. The van der Waals surface area contributed by atoms with E-state index in [1.165, 1.54) is 5.56 Å². The SMILES string of the molecule is Cc1ccc2cc(C(=O)NS(=O)(=O)C[C@@H]3CCCN(C(=O)OCc4ccccc4)C3)n(CCCc3ccccc3)c2c1. The molecule has 2 amide bonds. The molecule has 42 heavy (non-hydrogen) atoms. The lowest BCUT2D eigenvalue weighted by molar-refractivity contribution is 0.0811. The molecule has 0 bridgehead atoms. The summed E-state index contributed by atoms with van der Waals surface area (Å²) in [5.41, 5.74) is 4.39. The Kier molecular flexibility index (Phi) is 9.27. The largest absolute Gasteiger partial charge is 0.445 e. The predicted octanol–water partition coefficient (Wildman–Crippen LogP) is 5.69. The van der Waals surface area contributed by atoms with Gasteiger partial charge in [0, 0.05) is 30.5 Å². The van der Waals surface area contributed by atoms with Gasteiger partial charge in [0.15, 0.2) is 0 Å². The number of hydrogen-bond donors (Lipinski definition) is 1.